The molecule has 1 aromatic carbocycles. The maximum absolute atomic E-state index is 13.7. The van der Waals surface area contributed by atoms with Crippen molar-refractivity contribution < 1.29 is 28.2 Å². The number of carbonyl (C=O) groups excluding carboxylic acids is 2. The predicted molar refractivity (Wildman–Crippen MR) is 128 cm³/mol. The summed E-state index contributed by atoms with van der Waals surface area (Å²) < 4.78 is 24.0. The van der Waals surface area contributed by atoms with E-state index in [2.05, 4.69) is 33.9 Å². The summed E-state index contributed by atoms with van der Waals surface area (Å²) in [5, 5.41) is -0.0502. The highest BCUT2D eigenvalue weighted by Gasteiger charge is 2.50. The van der Waals surface area contributed by atoms with Crippen LogP contribution in [0.5, 0.6) is 0 Å². The quantitative estimate of drug-likeness (QED) is 0.528. The largest absolute Gasteiger partial charge is 0.447 e. The van der Waals surface area contributed by atoms with Crippen LogP contribution in [0.3, 0.4) is 0 Å². The van der Waals surface area contributed by atoms with Crippen LogP contribution in [-0.2, 0) is 29.9 Å². The molecule has 2 aliphatic rings. The Morgan fingerprint density at radius 1 is 1.21 bits per heavy atom. The first-order valence-corrected chi connectivity index (χ1v) is 14.7. The number of benzene rings is 1. The fourth-order valence-electron chi connectivity index (χ4n) is 4.02. The molecule has 3 rings (SSSR count). The molecule has 0 saturated carbocycles. The minimum absolute atomic E-state index is 0.0502. The summed E-state index contributed by atoms with van der Waals surface area (Å²) in [6, 6.07) is 9.47. The molecule has 0 N–H and O–H groups in total. The molecule has 7 nitrogen and oxygen atoms in total. The monoisotopic (exact) mass is 477 g/mol. The molecule has 2 saturated heterocycles. The van der Waals surface area contributed by atoms with Gasteiger partial charge in [0.25, 0.3) is 0 Å². The molecule has 2 aliphatic heterocycles. The standard InChI is InChI=1S/C25H39NO6Si/c1-17(21(20-16-30-25(5,6)31-20)32-33(7,8)24(2,3)4)22(27)26-19(15-29-23(26)28)14-18-12-10-9-11-13-18/h9-13,17,19-21H,14-16H2,1-8H3/t17-,19-,20-,21-/m0/s1. The summed E-state index contributed by atoms with van der Waals surface area (Å²) in [6.45, 7) is 16.8. The molecule has 0 aliphatic carbocycles. The minimum atomic E-state index is -2.25. The first-order chi connectivity index (χ1) is 15.2. The fourth-order valence-corrected chi connectivity index (χ4v) is 5.41. The topological polar surface area (TPSA) is 74.3 Å². The maximum Gasteiger partial charge on any atom is 0.416 e. The maximum atomic E-state index is 13.7. The molecular weight excluding hydrogens is 438 g/mol. The van der Waals surface area contributed by atoms with Crippen molar-refractivity contribution in [2.24, 2.45) is 5.92 Å². The Balaban J connectivity index is 1.85. The van der Waals surface area contributed by atoms with Gasteiger partial charge < -0.3 is 18.6 Å². The van der Waals surface area contributed by atoms with Crippen LogP contribution < -0.4 is 0 Å². The molecule has 2 fully saturated rings. The van der Waals surface area contributed by atoms with Crippen LogP contribution in [0.2, 0.25) is 18.1 Å². The van der Waals surface area contributed by atoms with E-state index >= 15 is 0 Å². The lowest BCUT2D eigenvalue weighted by molar-refractivity contribution is -0.159. The fraction of sp³-hybridized carbons (Fsp3) is 0.680. The Labute approximate surface area is 198 Å². The van der Waals surface area contributed by atoms with Gasteiger partial charge in [0, 0.05) is 0 Å². The molecule has 2 amide bonds. The smallest absolute Gasteiger partial charge is 0.416 e. The van der Waals surface area contributed by atoms with E-state index in [0.29, 0.717) is 13.0 Å². The molecule has 0 aromatic heterocycles. The first-order valence-electron chi connectivity index (χ1n) is 11.8. The van der Waals surface area contributed by atoms with Crippen LogP contribution in [0.1, 0.15) is 47.1 Å². The normalized spacial score (nSPS) is 25.1. The predicted octanol–water partition coefficient (Wildman–Crippen LogP) is 4.75. The number of ether oxygens (including phenoxy) is 3. The third kappa shape index (κ3) is 5.85. The lowest BCUT2D eigenvalue weighted by atomic mass is 9.97. The summed E-state index contributed by atoms with van der Waals surface area (Å²) in [7, 11) is -2.25. The Kier molecular flexibility index (Phi) is 7.44. The van der Waals surface area contributed by atoms with E-state index in [0.717, 1.165) is 5.56 Å². The van der Waals surface area contributed by atoms with Crippen molar-refractivity contribution in [3.8, 4) is 0 Å². The SMILES string of the molecule is C[C@H](C(=O)N1C(=O)OC[C@@H]1Cc1ccccc1)[C@H](O[Si](C)(C)C(C)(C)C)[C@@H]1COC(C)(C)O1. The van der Waals surface area contributed by atoms with Crippen molar-refractivity contribution in [1.82, 2.24) is 4.90 Å². The zero-order valence-electron chi connectivity index (χ0n) is 21.2. The van der Waals surface area contributed by atoms with Crippen molar-refractivity contribution in [3.05, 3.63) is 35.9 Å². The van der Waals surface area contributed by atoms with Gasteiger partial charge >= 0.3 is 6.09 Å². The summed E-state index contributed by atoms with van der Waals surface area (Å²) in [6.07, 6.45) is -0.984. The van der Waals surface area contributed by atoms with E-state index in [1.165, 1.54) is 4.90 Å². The van der Waals surface area contributed by atoms with Crippen LogP contribution in [0, 0.1) is 5.92 Å². The molecule has 4 atom stereocenters. The van der Waals surface area contributed by atoms with Gasteiger partial charge in [0.2, 0.25) is 5.91 Å². The summed E-state index contributed by atoms with van der Waals surface area (Å²) in [5.41, 5.74) is 1.05. The third-order valence-corrected chi connectivity index (χ3v) is 11.5. The van der Waals surface area contributed by atoms with Crippen LogP contribution in [0.15, 0.2) is 30.3 Å². The zero-order valence-corrected chi connectivity index (χ0v) is 22.2. The van der Waals surface area contributed by atoms with Gasteiger partial charge in [-0.3, -0.25) is 4.79 Å². The zero-order chi connectivity index (χ0) is 24.6. The van der Waals surface area contributed by atoms with Crippen molar-refractivity contribution >= 4 is 20.3 Å². The van der Waals surface area contributed by atoms with E-state index in [1.54, 1.807) is 0 Å². The Hall–Kier alpha value is -1.74. The van der Waals surface area contributed by atoms with Crippen LogP contribution in [0.4, 0.5) is 4.79 Å². The summed E-state index contributed by atoms with van der Waals surface area (Å²) in [4.78, 5) is 27.6. The minimum Gasteiger partial charge on any atom is -0.447 e. The van der Waals surface area contributed by atoms with Gasteiger partial charge in [-0.05, 0) is 44.0 Å². The molecule has 1 aromatic rings. The number of carbonyl (C=O) groups is 2. The van der Waals surface area contributed by atoms with Crippen molar-refractivity contribution in [1.29, 1.82) is 0 Å². The van der Waals surface area contributed by atoms with Gasteiger partial charge in [-0.2, -0.15) is 0 Å². The van der Waals surface area contributed by atoms with E-state index < -0.39 is 38.3 Å². The number of cyclic esters (lactones) is 1. The van der Waals surface area contributed by atoms with Crippen molar-refractivity contribution in [2.45, 2.75) is 90.1 Å². The van der Waals surface area contributed by atoms with Gasteiger partial charge in [-0.1, -0.05) is 58.0 Å². The van der Waals surface area contributed by atoms with Crippen molar-refractivity contribution in [2.75, 3.05) is 13.2 Å². The second-order valence-electron chi connectivity index (χ2n) is 11.1. The molecule has 0 spiro atoms. The number of amides is 2. The molecule has 2 heterocycles. The Bertz CT molecular complexity index is 850. The molecular formula is C25H39NO6Si. The van der Waals surface area contributed by atoms with E-state index in [9.17, 15) is 9.59 Å². The van der Waals surface area contributed by atoms with Crippen LogP contribution in [0.25, 0.3) is 0 Å². The van der Waals surface area contributed by atoms with E-state index in [4.69, 9.17) is 18.6 Å². The summed E-state index contributed by atoms with van der Waals surface area (Å²) in [5.74, 6) is -1.65. The van der Waals surface area contributed by atoms with Crippen molar-refractivity contribution in [3.63, 3.8) is 0 Å². The lowest BCUT2D eigenvalue weighted by Crippen LogP contribution is -2.54. The number of hydrogen-bond acceptors (Lipinski definition) is 6. The molecule has 184 valence electrons. The molecule has 33 heavy (non-hydrogen) atoms. The van der Waals surface area contributed by atoms with Gasteiger partial charge in [-0.25, -0.2) is 9.69 Å². The van der Waals surface area contributed by atoms with Gasteiger partial charge in [0.1, 0.15) is 12.7 Å². The second-order valence-corrected chi connectivity index (χ2v) is 15.9. The van der Waals surface area contributed by atoms with Gasteiger partial charge in [0.15, 0.2) is 14.1 Å². The molecule has 0 bridgehead atoms. The van der Waals surface area contributed by atoms with Crippen LogP contribution in [-0.4, -0.2) is 62.5 Å². The number of rotatable bonds is 7. The van der Waals surface area contributed by atoms with Gasteiger partial charge in [0.05, 0.1) is 24.7 Å². The Morgan fingerprint density at radius 2 is 1.85 bits per heavy atom. The number of nitrogens with zero attached hydrogens (tertiary/aromatic N) is 1. The summed E-state index contributed by atoms with van der Waals surface area (Å²) >= 11 is 0. The second kappa shape index (κ2) is 9.48. The van der Waals surface area contributed by atoms with Gasteiger partial charge in [-0.15, -0.1) is 0 Å². The highest BCUT2D eigenvalue weighted by molar-refractivity contribution is 6.74. The average Bonchev–Trinajstić information content (AvgIpc) is 3.26. The molecule has 8 heteroatoms. The molecule has 0 radical (unpaired) electrons. The van der Waals surface area contributed by atoms with E-state index in [1.807, 2.05) is 51.1 Å². The number of imide groups is 1. The number of hydrogen-bond donors (Lipinski definition) is 0. The average molecular weight is 478 g/mol. The highest BCUT2D eigenvalue weighted by Crippen LogP contribution is 2.40. The first kappa shape index (κ1) is 25.9. The molecule has 0 unspecified atom stereocenters. The van der Waals surface area contributed by atoms with E-state index in [-0.39, 0.29) is 23.6 Å². The lowest BCUT2D eigenvalue weighted by Gasteiger charge is -2.42. The third-order valence-electron chi connectivity index (χ3n) is 7.03. The van der Waals surface area contributed by atoms with Crippen LogP contribution >= 0.6 is 0 Å². The Morgan fingerprint density at radius 3 is 2.39 bits per heavy atom. The highest BCUT2D eigenvalue weighted by atomic mass is 28.4.